The van der Waals surface area contributed by atoms with Crippen LogP contribution in [0, 0.1) is 5.82 Å². The van der Waals surface area contributed by atoms with Crippen molar-refractivity contribution >= 4 is 28.9 Å². The Morgan fingerprint density at radius 3 is 2.77 bits per heavy atom. The first-order valence-corrected chi connectivity index (χ1v) is 6.88. The molecule has 0 unspecified atom stereocenters. The summed E-state index contributed by atoms with van der Waals surface area (Å²) in [6, 6.07) is 16.2. The first kappa shape index (κ1) is 13.9. The largest absolute Gasteiger partial charge is 0.278 e. The summed E-state index contributed by atoms with van der Waals surface area (Å²) in [6.45, 7) is 0. The van der Waals surface area contributed by atoms with Crippen LogP contribution in [0.15, 0.2) is 72.0 Å². The number of benzene rings is 2. The van der Waals surface area contributed by atoms with E-state index in [0.717, 1.165) is 11.1 Å². The number of fused-ring (bicyclic) bond motifs is 1. The van der Waals surface area contributed by atoms with Crippen molar-refractivity contribution in [3.8, 4) is 0 Å². The van der Waals surface area contributed by atoms with E-state index in [4.69, 9.17) is 0 Å². The van der Waals surface area contributed by atoms with Crippen LogP contribution in [-0.2, 0) is 0 Å². The highest BCUT2D eigenvalue weighted by Gasteiger charge is 2.01. The third-order valence-electron chi connectivity index (χ3n) is 3.14. The van der Waals surface area contributed by atoms with E-state index >= 15 is 0 Å². The molecule has 0 spiro atoms. The number of nitrogens with zero attached hydrogens (tertiary/aromatic N) is 2. The lowest BCUT2D eigenvalue weighted by atomic mass is 10.2. The van der Waals surface area contributed by atoms with Gasteiger partial charge >= 0.3 is 0 Å². The van der Waals surface area contributed by atoms with Crippen molar-refractivity contribution in [1.29, 1.82) is 0 Å². The first-order valence-electron chi connectivity index (χ1n) is 6.88. The van der Waals surface area contributed by atoms with E-state index < -0.39 is 0 Å². The molecule has 0 saturated heterocycles. The maximum absolute atomic E-state index is 13.3. The second-order valence-electron chi connectivity index (χ2n) is 4.68. The minimum atomic E-state index is -0.295. The molecular weight excluding hydrogens is 277 g/mol. The average molecular weight is 291 g/mol. The summed E-state index contributed by atoms with van der Waals surface area (Å²) in [5.74, 6) is -0.295. The highest BCUT2D eigenvalue weighted by Crippen LogP contribution is 2.22. The van der Waals surface area contributed by atoms with Crippen LogP contribution in [0.5, 0.6) is 0 Å². The van der Waals surface area contributed by atoms with Crippen LogP contribution in [0.1, 0.15) is 5.56 Å². The van der Waals surface area contributed by atoms with Crippen molar-refractivity contribution in [3.05, 3.63) is 78.3 Å². The van der Waals surface area contributed by atoms with Gasteiger partial charge in [0.25, 0.3) is 0 Å². The Morgan fingerprint density at radius 2 is 1.91 bits per heavy atom. The van der Waals surface area contributed by atoms with E-state index in [-0.39, 0.29) is 5.82 Å². The lowest BCUT2D eigenvalue weighted by Gasteiger charge is -2.04. The summed E-state index contributed by atoms with van der Waals surface area (Å²) < 4.78 is 13.3. The van der Waals surface area contributed by atoms with Gasteiger partial charge in [-0.3, -0.25) is 10.4 Å². The SMILES string of the molecule is Fc1ccc2nccc(N/N=C/C=C/c3ccccc3)c2c1. The van der Waals surface area contributed by atoms with E-state index in [9.17, 15) is 4.39 Å². The zero-order valence-corrected chi connectivity index (χ0v) is 11.8. The van der Waals surface area contributed by atoms with Gasteiger partial charge < -0.3 is 0 Å². The van der Waals surface area contributed by atoms with Crippen LogP contribution in [0.2, 0.25) is 0 Å². The molecule has 3 rings (SSSR count). The van der Waals surface area contributed by atoms with E-state index in [1.54, 1.807) is 24.5 Å². The molecule has 1 heterocycles. The molecule has 1 aromatic heterocycles. The van der Waals surface area contributed by atoms with Gasteiger partial charge in [-0.1, -0.05) is 36.4 Å². The molecule has 0 fully saturated rings. The van der Waals surface area contributed by atoms with Crippen molar-refractivity contribution in [3.63, 3.8) is 0 Å². The summed E-state index contributed by atoms with van der Waals surface area (Å²) in [4.78, 5) is 4.19. The standard InChI is InChI=1S/C18H14FN3/c19-15-8-9-17-16(13-15)18(10-12-20-17)22-21-11-4-7-14-5-2-1-3-6-14/h1-13H,(H,20,22)/b7-4+,21-11+. The molecule has 4 heteroatoms. The highest BCUT2D eigenvalue weighted by atomic mass is 19.1. The van der Waals surface area contributed by atoms with Gasteiger partial charge in [-0.15, -0.1) is 0 Å². The Bertz CT molecular complexity index is 826. The van der Waals surface area contributed by atoms with Crippen LogP contribution in [0.3, 0.4) is 0 Å². The number of rotatable bonds is 4. The second-order valence-corrected chi connectivity index (χ2v) is 4.68. The van der Waals surface area contributed by atoms with Gasteiger partial charge in [0.15, 0.2) is 0 Å². The van der Waals surface area contributed by atoms with E-state index in [2.05, 4.69) is 15.5 Å². The summed E-state index contributed by atoms with van der Waals surface area (Å²) in [7, 11) is 0. The van der Waals surface area contributed by atoms with Crippen molar-refractivity contribution in [2.24, 2.45) is 5.10 Å². The van der Waals surface area contributed by atoms with Gasteiger partial charge in [-0.25, -0.2) is 4.39 Å². The van der Waals surface area contributed by atoms with Crippen LogP contribution < -0.4 is 5.43 Å². The monoisotopic (exact) mass is 291 g/mol. The van der Waals surface area contributed by atoms with Crippen LogP contribution in [0.4, 0.5) is 10.1 Å². The zero-order chi connectivity index (χ0) is 15.2. The quantitative estimate of drug-likeness (QED) is 0.568. The average Bonchev–Trinajstić information content (AvgIpc) is 2.56. The third kappa shape index (κ3) is 3.35. The number of nitrogens with one attached hydrogen (secondary N) is 1. The van der Waals surface area contributed by atoms with Crippen molar-refractivity contribution in [2.75, 3.05) is 5.43 Å². The van der Waals surface area contributed by atoms with E-state index in [0.29, 0.717) is 11.1 Å². The molecule has 108 valence electrons. The van der Waals surface area contributed by atoms with Crippen molar-refractivity contribution in [1.82, 2.24) is 4.98 Å². The molecule has 0 atom stereocenters. The Kier molecular flexibility index (Phi) is 4.20. The minimum absolute atomic E-state index is 0.295. The molecule has 0 radical (unpaired) electrons. The molecule has 0 bridgehead atoms. The maximum Gasteiger partial charge on any atom is 0.124 e. The minimum Gasteiger partial charge on any atom is -0.278 e. The van der Waals surface area contributed by atoms with Gasteiger partial charge in [0.05, 0.1) is 11.2 Å². The molecule has 0 aliphatic rings. The lowest BCUT2D eigenvalue weighted by molar-refractivity contribution is 0.629. The van der Waals surface area contributed by atoms with Gasteiger partial charge in [-0.2, -0.15) is 5.10 Å². The third-order valence-corrected chi connectivity index (χ3v) is 3.14. The molecule has 3 nitrogen and oxygen atoms in total. The number of aromatic nitrogens is 1. The molecule has 0 amide bonds. The molecule has 22 heavy (non-hydrogen) atoms. The number of hydrogen-bond acceptors (Lipinski definition) is 3. The number of halogens is 1. The van der Waals surface area contributed by atoms with Crippen LogP contribution in [0.25, 0.3) is 17.0 Å². The van der Waals surface area contributed by atoms with Gasteiger partial charge in [0, 0.05) is 17.8 Å². The Hall–Kier alpha value is -3.01. The fraction of sp³-hybridized carbons (Fsp3) is 0. The number of allylic oxidation sites excluding steroid dienone is 1. The van der Waals surface area contributed by atoms with E-state index in [1.165, 1.54) is 12.1 Å². The number of pyridine rings is 1. The first-order chi connectivity index (χ1) is 10.8. The predicted octanol–water partition coefficient (Wildman–Crippen LogP) is 4.49. The summed E-state index contributed by atoms with van der Waals surface area (Å²) >= 11 is 0. The van der Waals surface area contributed by atoms with Gasteiger partial charge in [0.1, 0.15) is 5.82 Å². The Labute approximate surface area is 127 Å². The summed E-state index contributed by atoms with van der Waals surface area (Å²) in [6.07, 6.45) is 7.11. The Balaban J connectivity index is 1.73. The molecule has 3 aromatic rings. The van der Waals surface area contributed by atoms with E-state index in [1.807, 2.05) is 42.5 Å². The van der Waals surface area contributed by atoms with Gasteiger partial charge in [0.2, 0.25) is 0 Å². The molecule has 0 aliphatic heterocycles. The maximum atomic E-state index is 13.3. The van der Waals surface area contributed by atoms with Crippen LogP contribution >= 0.6 is 0 Å². The fourth-order valence-corrected chi connectivity index (χ4v) is 2.08. The number of hydrogen-bond donors (Lipinski definition) is 1. The summed E-state index contributed by atoms with van der Waals surface area (Å²) in [5, 5.41) is 4.83. The predicted molar refractivity (Wildman–Crippen MR) is 89.3 cm³/mol. The number of hydrazone groups is 1. The second kappa shape index (κ2) is 6.63. The molecule has 1 N–H and O–H groups in total. The summed E-state index contributed by atoms with van der Waals surface area (Å²) in [5.41, 5.74) is 5.45. The molecule has 0 saturated carbocycles. The Morgan fingerprint density at radius 1 is 1.05 bits per heavy atom. The van der Waals surface area contributed by atoms with Crippen molar-refractivity contribution < 1.29 is 4.39 Å². The zero-order valence-electron chi connectivity index (χ0n) is 11.8. The molecule has 2 aromatic carbocycles. The van der Waals surface area contributed by atoms with Crippen molar-refractivity contribution in [2.45, 2.75) is 0 Å². The normalized spacial score (nSPS) is 11.5. The van der Waals surface area contributed by atoms with Crippen LogP contribution in [-0.4, -0.2) is 11.2 Å². The van der Waals surface area contributed by atoms with Gasteiger partial charge in [-0.05, 0) is 35.9 Å². The lowest BCUT2D eigenvalue weighted by Crippen LogP contribution is -1.91. The topological polar surface area (TPSA) is 37.3 Å². The highest BCUT2D eigenvalue weighted by molar-refractivity contribution is 5.91. The molecular formula is C18H14FN3. The number of anilines is 1. The smallest absolute Gasteiger partial charge is 0.124 e. The molecule has 0 aliphatic carbocycles. The fourth-order valence-electron chi connectivity index (χ4n) is 2.08.